The topological polar surface area (TPSA) is 49.0 Å². The van der Waals surface area contributed by atoms with Gasteiger partial charge < -0.3 is 9.88 Å². The van der Waals surface area contributed by atoms with Crippen LogP contribution in [0.5, 0.6) is 0 Å². The van der Waals surface area contributed by atoms with Gasteiger partial charge in [-0.2, -0.15) is 0 Å². The predicted molar refractivity (Wildman–Crippen MR) is 113 cm³/mol. The second-order valence-corrected chi connectivity index (χ2v) is 7.11. The van der Waals surface area contributed by atoms with Gasteiger partial charge in [0.05, 0.1) is 12.2 Å². The van der Waals surface area contributed by atoms with E-state index in [2.05, 4.69) is 9.97 Å². The van der Waals surface area contributed by atoms with Crippen molar-refractivity contribution in [2.75, 3.05) is 7.05 Å². The fourth-order valence-electron chi connectivity index (χ4n) is 3.58. The van der Waals surface area contributed by atoms with Gasteiger partial charge in [0.15, 0.2) is 0 Å². The van der Waals surface area contributed by atoms with Crippen LogP contribution in [0.4, 0.5) is 4.39 Å². The monoisotopic (exact) mass is 387 g/mol. The Labute approximate surface area is 169 Å². The summed E-state index contributed by atoms with van der Waals surface area (Å²) in [7, 11) is 1.78. The Morgan fingerprint density at radius 1 is 1.07 bits per heavy atom. The molecule has 2 aromatic heterocycles. The lowest BCUT2D eigenvalue weighted by atomic mass is 10.0. The van der Waals surface area contributed by atoms with Gasteiger partial charge in [0.1, 0.15) is 5.82 Å². The van der Waals surface area contributed by atoms with E-state index >= 15 is 0 Å². The number of aryl methyl sites for hydroxylation is 1. The van der Waals surface area contributed by atoms with Crippen LogP contribution in [-0.4, -0.2) is 27.8 Å². The summed E-state index contributed by atoms with van der Waals surface area (Å²) in [6, 6.07) is 20.3. The SMILES string of the molecule is CN(Cc1ccccn1)C(=O)CCc1c(-c2ccccc2)[nH]c2ccc(F)cc12. The molecule has 2 aromatic carbocycles. The largest absolute Gasteiger partial charge is 0.354 e. The number of aromatic nitrogens is 2. The van der Waals surface area contributed by atoms with Crippen LogP contribution < -0.4 is 0 Å². The number of H-pyrrole nitrogens is 1. The van der Waals surface area contributed by atoms with Crippen molar-refractivity contribution in [1.29, 1.82) is 0 Å². The molecular weight excluding hydrogens is 365 g/mol. The highest BCUT2D eigenvalue weighted by Gasteiger charge is 2.17. The fourth-order valence-corrected chi connectivity index (χ4v) is 3.58. The van der Waals surface area contributed by atoms with Crippen molar-refractivity contribution in [1.82, 2.24) is 14.9 Å². The second-order valence-electron chi connectivity index (χ2n) is 7.11. The average molecular weight is 387 g/mol. The number of halogens is 1. The number of fused-ring (bicyclic) bond motifs is 1. The molecule has 0 spiro atoms. The molecule has 4 rings (SSSR count). The Hall–Kier alpha value is -3.47. The predicted octanol–water partition coefficient (Wildman–Crippen LogP) is 4.96. The maximum absolute atomic E-state index is 13.9. The molecule has 0 saturated heterocycles. The lowest BCUT2D eigenvalue weighted by molar-refractivity contribution is -0.130. The Balaban J connectivity index is 1.58. The van der Waals surface area contributed by atoms with Crippen molar-refractivity contribution < 1.29 is 9.18 Å². The quantitative estimate of drug-likeness (QED) is 0.508. The first kappa shape index (κ1) is 18.9. The van der Waals surface area contributed by atoms with Crippen LogP contribution in [0.3, 0.4) is 0 Å². The van der Waals surface area contributed by atoms with Crippen LogP contribution in [0.15, 0.2) is 72.9 Å². The molecule has 0 aliphatic carbocycles. The number of nitrogens with zero attached hydrogens (tertiary/aromatic N) is 2. The van der Waals surface area contributed by atoms with E-state index in [1.165, 1.54) is 12.1 Å². The molecule has 1 amide bonds. The number of benzene rings is 2. The maximum Gasteiger partial charge on any atom is 0.222 e. The van der Waals surface area contributed by atoms with Gasteiger partial charge in [0.25, 0.3) is 0 Å². The standard InChI is InChI=1S/C24H22FN3O/c1-28(16-19-9-5-6-14-26-19)23(29)13-11-20-21-15-18(25)10-12-22(21)27-24(20)17-7-3-2-4-8-17/h2-10,12,14-15,27H,11,13,16H2,1H3. The summed E-state index contributed by atoms with van der Waals surface area (Å²) in [5, 5.41) is 0.823. The molecule has 0 saturated carbocycles. The summed E-state index contributed by atoms with van der Waals surface area (Å²) >= 11 is 0. The molecule has 0 radical (unpaired) electrons. The summed E-state index contributed by atoms with van der Waals surface area (Å²) in [4.78, 5) is 22.1. The van der Waals surface area contributed by atoms with E-state index in [1.807, 2.05) is 48.5 Å². The van der Waals surface area contributed by atoms with Crippen molar-refractivity contribution in [3.8, 4) is 11.3 Å². The lowest BCUT2D eigenvalue weighted by Crippen LogP contribution is -2.26. The molecule has 0 fully saturated rings. The third-order valence-corrected chi connectivity index (χ3v) is 5.07. The minimum atomic E-state index is -0.282. The number of amides is 1. The normalized spacial score (nSPS) is 11.0. The minimum Gasteiger partial charge on any atom is -0.354 e. The van der Waals surface area contributed by atoms with E-state index in [9.17, 15) is 9.18 Å². The van der Waals surface area contributed by atoms with E-state index in [4.69, 9.17) is 0 Å². The maximum atomic E-state index is 13.9. The third kappa shape index (κ3) is 4.19. The number of rotatable bonds is 6. The number of pyridine rings is 1. The van der Waals surface area contributed by atoms with Crippen LogP contribution in [0, 0.1) is 5.82 Å². The highest BCUT2D eigenvalue weighted by atomic mass is 19.1. The van der Waals surface area contributed by atoms with Gasteiger partial charge in [-0.25, -0.2) is 4.39 Å². The number of hydrogen-bond acceptors (Lipinski definition) is 2. The van der Waals surface area contributed by atoms with Crippen molar-refractivity contribution in [2.45, 2.75) is 19.4 Å². The van der Waals surface area contributed by atoms with Crippen molar-refractivity contribution in [3.05, 3.63) is 90.0 Å². The van der Waals surface area contributed by atoms with E-state index in [1.54, 1.807) is 24.2 Å². The van der Waals surface area contributed by atoms with E-state index in [0.29, 0.717) is 19.4 Å². The Morgan fingerprint density at radius 3 is 2.62 bits per heavy atom. The summed E-state index contributed by atoms with van der Waals surface area (Å²) in [6.45, 7) is 0.466. The molecule has 4 aromatic rings. The van der Waals surface area contributed by atoms with Gasteiger partial charge in [0.2, 0.25) is 5.91 Å². The second kappa shape index (κ2) is 8.27. The number of aromatic amines is 1. The van der Waals surface area contributed by atoms with Crippen LogP contribution >= 0.6 is 0 Å². The molecule has 4 nitrogen and oxygen atoms in total. The first-order chi connectivity index (χ1) is 14.1. The number of carbonyl (C=O) groups excluding carboxylic acids is 1. The van der Waals surface area contributed by atoms with Gasteiger partial charge in [-0.1, -0.05) is 36.4 Å². The molecule has 0 bridgehead atoms. The Morgan fingerprint density at radius 2 is 1.86 bits per heavy atom. The molecular formula is C24H22FN3O. The van der Waals surface area contributed by atoms with Crippen molar-refractivity contribution in [2.24, 2.45) is 0 Å². The molecule has 0 aliphatic rings. The third-order valence-electron chi connectivity index (χ3n) is 5.07. The first-order valence-electron chi connectivity index (χ1n) is 9.61. The fraction of sp³-hybridized carbons (Fsp3) is 0.167. The summed E-state index contributed by atoms with van der Waals surface area (Å²) < 4.78 is 13.9. The van der Waals surface area contributed by atoms with Crippen molar-refractivity contribution in [3.63, 3.8) is 0 Å². The molecule has 0 atom stereocenters. The van der Waals surface area contributed by atoms with Gasteiger partial charge in [-0.15, -0.1) is 0 Å². The summed E-state index contributed by atoms with van der Waals surface area (Å²) in [6.07, 6.45) is 2.59. The van der Waals surface area contributed by atoms with Crippen LogP contribution in [0.25, 0.3) is 22.2 Å². The van der Waals surface area contributed by atoms with Gasteiger partial charge in [0, 0.05) is 36.3 Å². The zero-order valence-electron chi connectivity index (χ0n) is 16.2. The smallest absolute Gasteiger partial charge is 0.222 e. The molecule has 5 heteroatoms. The van der Waals surface area contributed by atoms with E-state index < -0.39 is 0 Å². The first-order valence-corrected chi connectivity index (χ1v) is 9.61. The number of nitrogens with one attached hydrogen (secondary N) is 1. The molecule has 2 heterocycles. The molecule has 146 valence electrons. The molecule has 0 aliphatic heterocycles. The lowest BCUT2D eigenvalue weighted by Gasteiger charge is -2.17. The molecule has 29 heavy (non-hydrogen) atoms. The minimum absolute atomic E-state index is 0.0282. The van der Waals surface area contributed by atoms with Gasteiger partial charge in [-0.05, 0) is 47.9 Å². The summed E-state index contributed by atoms with van der Waals surface area (Å²) in [5.74, 6) is -0.253. The van der Waals surface area contributed by atoms with Crippen LogP contribution in [-0.2, 0) is 17.8 Å². The highest BCUT2D eigenvalue weighted by Crippen LogP contribution is 2.32. The number of hydrogen-bond donors (Lipinski definition) is 1. The van der Waals surface area contributed by atoms with Gasteiger partial charge >= 0.3 is 0 Å². The Kier molecular flexibility index (Phi) is 5.38. The van der Waals surface area contributed by atoms with Crippen molar-refractivity contribution >= 4 is 16.8 Å². The number of carbonyl (C=O) groups is 1. The van der Waals surface area contributed by atoms with E-state index in [-0.39, 0.29) is 11.7 Å². The zero-order chi connectivity index (χ0) is 20.2. The zero-order valence-corrected chi connectivity index (χ0v) is 16.2. The summed E-state index contributed by atoms with van der Waals surface area (Å²) in [5.41, 5.74) is 4.64. The van der Waals surface area contributed by atoms with E-state index in [0.717, 1.165) is 33.4 Å². The van der Waals surface area contributed by atoms with Crippen LogP contribution in [0.1, 0.15) is 17.7 Å². The molecule has 1 N–H and O–H groups in total. The average Bonchev–Trinajstić information content (AvgIpc) is 3.11. The van der Waals surface area contributed by atoms with Crippen LogP contribution in [0.2, 0.25) is 0 Å². The van der Waals surface area contributed by atoms with Gasteiger partial charge in [-0.3, -0.25) is 9.78 Å². The molecule has 0 unspecified atom stereocenters. The highest BCUT2D eigenvalue weighted by molar-refractivity contribution is 5.91. The Bertz CT molecular complexity index is 1120.